The number of carbonyl (C=O) groups is 2. The summed E-state index contributed by atoms with van der Waals surface area (Å²) < 4.78 is 32.6. The van der Waals surface area contributed by atoms with Crippen molar-refractivity contribution < 1.29 is 28.2 Å². The zero-order valence-electron chi connectivity index (χ0n) is 17.1. The molecule has 2 aromatic rings. The maximum absolute atomic E-state index is 13.3. The summed E-state index contributed by atoms with van der Waals surface area (Å²) in [6, 6.07) is 10.8. The van der Waals surface area contributed by atoms with Gasteiger partial charge in [-0.1, -0.05) is 24.3 Å². The SMILES string of the molecule is C[C@@]1(C2CC2)NC(=O)N(C[C@@H](O)COC(c2ccc(F)cc2)c2ccc(F)cc2)C1=O. The molecule has 0 radical (unpaired) electrons. The average Bonchev–Trinajstić information content (AvgIpc) is 3.57. The van der Waals surface area contributed by atoms with E-state index in [0.717, 1.165) is 17.7 Å². The van der Waals surface area contributed by atoms with Gasteiger partial charge in [-0.15, -0.1) is 0 Å². The number of hydrogen-bond donors (Lipinski definition) is 2. The van der Waals surface area contributed by atoms with Gasteiger partial charge in [0, 0.05) is 0 Å². The molecule has 3 amide bonds. The predicted molar refractivity (Wildman–Crippen MR) is 108 cm³/mol. The topological polar surface area (TPSA) is 78.9 Å². The van der Waals surface area contributed by atoms with Crippen LogP contribution >= 0.6 is 0 Å². The fourth-order valence-corrected chi connectivity index (χ4v) is 3.95. The van der Waals surface area contributed by atoms with E-state index in [4.69, 9.17) is 4.74 Å². The van der Waals surface area contributed by atoms with Crippen LogP contribution in [0.25, 0.3) is 0 Å². The van der Waals surface area contributed by atoms with Gasteiger partial charge in [0.1, 0.15) is 23.3 Å². The molecule has 2 fully saturated rings. The van der Waals surface area contributed by atoms with Gasteiger partial charge in [-0.05, 0) is 61.1 Å². The van der Waals surface area contributed by atoms with Crippen molar-refractivity contribution in [2.45, 2.75) is 37.5 Å². The number of amides is 3. The molecule has 0 spiro atoms. The zero-order chi connectivity index (χ0) is 22.2. The highest BCUT2D eigenvalue weighted by molar-refractivity contribution is 6.07. The largest absolute Gasteiger partial charge is 0.389 e. The van der Waals surface area contributed by atoms with E-state index in [9.17, 15) is 23.5 Å². The minimum absolute atomic E-state index is 0.128. The Balaban J connectivity index is 1.44. The van der Waals surface area contributed by atoms with Gasteiger partial charge in [-0.2, -0.15) is 0 Å². The van der Waals surface area contributed by atoms with Gasteiger partial charge in [0.05, 0.1) is 19.3 Å². The lowest BCUT2D eigenvalue weighted by Crippen LogP contribution is -2.46. The number of aliphatic hydroxyl groups is 1. The van der Waals surface area contributed by atoms with E-state index < -0.39 is 35.4 Å². The summed E-state index contributed by atoms with van der Waals surface area (Å²) >= 11 is 0. The van der Waals surface area contributed by atoms with Crippen molar-refractivity contribution in [3.63, 3.8) is 0 Å². The van der Waals surface area contributed by atoms with E-state index in [1.165, 1.54) is 24.3 Å². The number of carbonyl (C=O) groups excluding carboxylic acids is 2. The fourth-order valence-electron chi connectivity index (χ4n) is 3.95. The van der Waals surface area contributed by atoms with Gasteiger partial charge in [-0.3, -0.25) is 9.69 Å². The Morgan fingerprint density at radius 1 is 1.06 bits per heavy atom. The number of nitrogens with one attached hydrogen (secondary N) is 1. The average molecular weight is 430 g/mol. The van der Waals surface area contributed by atoms with Crippen LogP contribution in [0.2, 0.25) is 0 Å². The van der Waals surface area contributed by atoms with Gasteiger partial charge in [0.2, 0.25) is 0 Å². The Morgan fingerprint density at radius 2 is 1.58 bits per heavy atom. The van der Waals surface area contributed by atoms with Crippen LogP contribution in [-0.2, 0) is 9.53 Å². The first kappa shape index (κ1) is 21.4. The van der Waals surface area contributed by atoms with E-state index in [1.807, 2.05) is 0 Å². The molecule has 4 rings (SSSR count). The summed E-state index contributed by atoms with van der Waals surface area (Å²) in [4.78, 5) is 26.0. The highest BCUT2D eigenvalue weighted by atomic mass is 19.1. The molecule has 6 nitrogen and oxygen atoms in total. The lowest BCUT2D eigenvalue weighted by atomic mass is 9.96. The van der Waals surface area contributed by atoms with Crippen LogP contribution < -0.4 is 5.32 Å². The van der Waals surface area contributed by atoms with Crippen molar-refractivity contribution in [3.05, 3.63) is 71.3 Å². The number of urea groups is 1. The number of nitrogens with zero attached hydrogens (tertiary/aromatic N) is 1. The van der Waals surface area contributed by atoms with Crippen molar-refractivity contribution >= 4 is 11.9 Å². The van der Waals surface area contributed by atoms with Crippen LogP contribution in [0, 0.1) is 17.6 Å². The molecule has 164 valence electrons. The third-order valence-corrected chi connectivity index (χ3v) is 5.89. The smallest absolute Gasteiger partial charge is 0.325 e. The van der Waals surface area contributed by atoms with Crippen molar-refractivity contribution in [2.75, 3.05) is 13.2 Å². The van der Waals surface area contributed by atoms with Crippen LogP contribution in [0.1, 0.15) is 37.0 Å². The van der Waals surface area contributed by atoms with E-state index in [2.05, 4.69) is 5.32 Å². The maximum atomic E-state index is 13.3. The summed E-state index contributed by atoms with van der Waals surface area (Å²) in [6.07, 6.45) is -0.0340. The molecular weight excluding hydrogens is 406 g/mol. The molecule has 2 aliphatic rings. The third-order valence-electron chi connectivity index (χ3n) is 5.89. The summed E-state index contributed by atoms with van der Waals surface area (Å²) in [5.41, 5.74) is 0.329. The van der Waals surface area contributed by atoms with E-state index in [1.54, 1.807) is 31.2 Å². The van der Waals surface area contributed by atoms with E-state index in [-0.39, 0.29) is 25.0 Å². The number of ether oxygens (including phenoxy) is 1. The second-order valence-corrected chi connectivity index (χ2v) is 8.29. The van der Waals surface area contributed by atoms with Crippen molar-refractivity contribution in [2.24, 2.45) is 5.92 Å². The van der Waals surface area contributed by atoms with Crippen molar-refractivity contribution in [3.8, 4) is 0 Å². The summed E-state index contributed by atoms with van der Waals surface area (Å²) in [7, 11) is 0. The lowest BCUT2D eigenvalue weighted by molar-refractivity contribution is -0.132. The van der Waals surface area contributed by atoms with Gasteiger partial charge >= 0.3 is 6.03 Å². The van der Waals surface area contributed by atoms with Crippen LogP contribution in [-0.4, -0.2) is 46.7 Å². The molecule has 1 saturated heterocycles. The molecule has 1 saturated carbocycles. The first-order valence-electron chi connectivity index (χ1n) is 10.2. The first-order valence-corrected chi connectivity index (χ1v) is 10.2. The second kappa shape index (κ2) is 8.36. The van der Waals surface area contributed by atoms with Crippen molar-refractivity contribution in [1.29, 1.82) is 0 Å². The molecule has 1 heterocycles. The molecular formula is C23H24F2N2O4. The van der Waals surface area contributed by atoms with Crippen LogP contribution in [0.15, 0.2) is 48.5 Å². The molecule has 2 atom stereocenters. The minimum Gasteiger partial charge on any atom is -0.389 e. The summed E-state index contributed by atoms with van der Waals surface area (Å²) in [5.74, 6) is -1.02. The maximum Gasteiger partial charge on any atom is 0.325 e. The Morgan fingerprint density at radius 3 is 2.06 bits per heavy atom. The molecule has 2 aromatic carbocycles. The number of aliphatic hydroxyl groups excluding tert-OH is 1. The van der Waals surface area contributed by atoms with Gasteiger partial charge in [0.15, 0.2) is 0 Å². The fraction of sp³-hybridized carbons (Fsp3) is 0.391. The number of β-amino-alcohol motifs (C(OH)–C–C–N with tert-alkyl or cyclic N) is 1. The lowest BCUT2D eigenvalue weighted by Gasteiger charge is -2.24. The second-order valence-electron chi connectivity index (χ2n) is 8.29. The predicted octanol–water partition coefficient (Wildman–Crippen LogP) is 3.15. The van der Waals surface area contributed by atoms with Gasteiger partial charge in [-0.25, -0.2) is 13.6 Å². The normalized spacial score (nSPS) is 22.2. The number of benzene rings is 2. The molecule has 1 aliphatic carbocycles. The van der Waals surface area contributed by atoms with E-state index in [0.29, 0.717) is 11.1 Å². The number of halogens is 2. The number of imide groups is 1. The highest BCUT2D eigenvalue weighted by Crippen LogP contribution is 2.42. The van der Waals surface area contributed by atoms with E-state index >= 15 is 0 Å². The Bertz CT molecular complexity index is 917. The first-order chi connectivity index (χ1) is 14.8. The monoisotopic (exact) mass is 430 g/mol. The highest BCUT2D eigenvalue weighted by Gasteiger charge is 2.56. The van der Waals surface area contributed by atoms with Crippen LogP contribution in [0.3, 0.4) is 0 Å². The molecule has 2 N–H and O–H groups in total. The number of hydrogen-bond acceptors (Lipinski definition) is 4. The molecule has 1 aliphatic heterocycles. The van der Waals surface area contributed by atoms with Crippen LogP contribution in [0.5, 0.6) is 0 Å². The molecule has 0 bridgehead atoms. The minimum atomic E-state index is -1.13. The Hall–Kier alpha value is -2.84. The van der Waals surface area contributed by atoms with Crippen LogP contribution in [0.4, 0.5) is 13.6 Å². The Labute approximate surface area is 178 Å². The molecule has 0 aromatic heterocycles. The molecule has 8 heteroatoms. The Kier molecular flexibility index (Phi) is 5.77. The summed E-state index contributed by atoms with van der Waals surface area (Å²) in [6.45, 7) is 1.33. The molecule has 31 heavy (non-hydrogen) atoms. The third kappa shape index (κ3) is 4.45. The molecule has 0 unspecified atom stereocenters. The zero-order valence-corrected chi connectivity index (χ0v) is 17.1. The van der Waals surface area contributed by atoms with Crippen molar-refractivity contribution in [1.82, 2.24) is 10.2 Å². The summed E-state index contributed by atoms with van der Waals surface area (Å²) in [5, 5.41) is 13.2. The quantitative estimate of drug-likeness (QED) is 0.631. The standard InChI is InChI=1S/C23H24F2N2O4/c1-23(16-6-7-16)21(29)27(22(30)26-23)12-19(28)13-31-20(14-2-8-17(24)9-3-14)15-4-10-18(25)11-5-15/h2-5,8-11,16,19-20,28H,6-7,12-13H2,1H3,(H,26,30)/t19-,23+/m1/s1. The van der Waals surface area contributed by atoms with Gasteiger partial charge in [0.25, 0.3) is 5.91 Å². The number of rotatable bonds is 8. The van der Waals surface area contributed by atoms with Gasteiger partial charge < -0.3 is 15.2 Å².